The lowest BCUT2D eigenvalue weighted by Gasteiger charge is -2.26. The first-order valence-corrected chi connectivity index (χ1v) is 7.12. The van der Waals surface area contributed by atoms with E-state index in [2.05, 4.69) is 6.92 Å². The Balaban J connectivity index is 1.84. The second kappa shape index (κ2) is 6.05. The van der Waals surface area contributed by atoms with Crippen molar-refractivity contribution < 1.29 is 4.74 Å². The van der Waals surface area contributed by atoms with Gasteiger partial charge in [0.25, 0.3) is 0 Å². The number of hydrogen-bond donors (Lipinski definition) is 1. The third-order valence-corrected chi connectivity index (χ3v) is 4.00. The van der Waals surface area contributed by atoms with Gasteiger partial charge in [0, 0.05) is 17.2 Å². The van der Waals surface area contributed by atoms with Crippen LogP contribution in [0.4, 0.5) is 0 Å². The molecule has 1 aliphatic heterocycles. The summed E-state index contributed by atoms with van der Waals surface area (Å²) in [4.78, 5) is 0. The smallest absolute Gasteiger partial charge is 0.0576 e. The van der Waals surface area contributed by atoms with Crippen molar-refractivity contribution in [2.24, 2.45) is 5.73 Å². The Kier molecular flexibility index (Phi) is 4.66. The number of nitrogens with two attached hydrogens (primary N) is 1. The quantitative estimate of drug-likeness (QED) is 0.879. The predicted octanol–water partition coefficient (Wildman–Crippen LogP) is 3.86. The monoisotopic (exact) mass is 267 g/mol. The molecule has 2 rings (SSSR count). The fourth-order valence-corrected chi connectivity index (χ4v) is 2.67. The van der Waals surface area contributed by atoms with Crippen LogP contribution in [0.3, 0.4) is 0 Å². The molecule has 1 aromatic carbocycles. The first-order valence-electron chi connectivity index (χ1n) is 6.74. The highest BCUT2D eigenvalue weighted by molar-refractivity contribution is 6.30. The summed E-state index contributed by atoms with van der Waals surface area (Å²) in [5.74, 6) is 0. The molecule has 0 spiro atoms. The van der Waals surface area contributed by atoms with Crippen molar-refractivity contribution in [3.8, 4) is 0 Å². The van der Waals surface area contributed by atoms with Gasteiger partial charge in [0.05, 0.1) is 6.10 Å². The van der Waals surface area contributed by atoms with Gasteiger partial charge in [-0.05, 0) is 56.7 Å². The average molecular weight is 268 g/mol. The standard InChI is InChI=1S/C15H22ClNO/c1-15(17,12-6-8-13(16)9-7-12)10-2-4-14-5-3-11-18-14/h6-9,14H,2-5,10-11,17H2,1H3. The minimum Gasteiger partial charge on any atom is -0.378 e. The van der Waals surface area contributed by atoms with E-state index in [0.29, 0.717) is 6.10 Å². The van der Waals surface area contributed by atoms with E-state index in [0.717, 1.165) is 36.5 Å². The summed E-state index contributed by atoms with van der Waals surface area (Å²) < 4.78 is 5.63. The van der Waals surface area contributed by atoms with Crippen LogP contribution in [-0.4, -0.2) is 12.7 Å². The first kappa shape index (κ1) is 13.9. The molecule has 2 atom stereocenters. The van der Waals surface area contributed by atoms with Crippen molar-refractivity contribution in [3.05, 3.63) is 34.9 Å². The third-order valence-electron chi connectivity index (χ3n) is 3.75. The Morgan fingerprint density at radius 1 is 1.39 bits per heavy atom. The van der Waals surface area contributed by atoms with Crippen LogP contribution in [0.25, 0.3) is 0 Å². The zero-order valence-corrected chi connectivity index (χ0v) is 11.7. The zero-order chi connectivity index (χ0) is 13.0. The molecule has 2 nitrogen and oxygen atoms in total. The van der Waals surface area contributed by atoms with Gasteiger partial charge in [0.15, 0.2) is 0 Å². The maximum absolute atomic E-state index is 6.39. The highest BCUT2D eigenvalue weighted by Crippen LogP contribution is 2.27. The van der Waals surface area contributed by atoms with E-state index in [1.165, 1.54) is 12.8 Å². The highest BCUT2D eigenvalue weighted by Gasteiger charge is 2.22. The lowest BCUT2D eigenvalue weighted by atomic mass is 9.87. The number of halogens is 1. The van der Waals surface area contributed by atoms with E-state index in [9.17, 15) is 0 Å². The van der Waals surface area contributed by atoms with Gasteiger partial charge < -0.3 is 10.5 Å². The molecule has 1 aromatic rings. The van der Waals surface area contributed by atoms with Gasteiger partial charge in [-0.15, -0.1) is 0 Å². The molecular weight excluding hydrogens is 246 g/mol. The molecule has 1 fully saturated rings. The Labute approximate surface area is 114 Å². The Bertz CT molecular complexity index is 369. The van der Waals surface area contributed by atoms with Crippen molar-refractivity contribution in [3.63, 3.8) is 0 Å². The van der Waals surface area contributed by atoms with Gasteiger partial charge >= 0.3 is 0 Å². The van der Waals surface area contributed by atoms with Gasteiger partial charge in [-0.1, -0.05) is 23.7 Å². The molecule has 0 amide bonds. The summed E-state index contributed by atoms with van der Waals surface area (Å²) in [7, 11) is 0. The van der Waals surface area contributed by atoms with Crippen molar-refractivity contribution in [1.29, 1.82) is 0 Å². The Morgan fingerprint density at radius 2 is 2.11 bits per heavy atom. The Morgan fingerprint density at radius 3 is 2.72 bits per heavy atom. The lowest BCUT2D eigenvalue weighted by Crippen LogP contribution is -2.33. The molecule has 0 aliphatic carbocycles. The van der Waals surface area contributed by atoms with E-state index in [-0.39, 0.29) is 5.54 Å². The van der Waals surface area contributed by atoms with Crippen LogP contribution in [-0.2, 0) is 10.3 Å². The molecule has 1 aliphatic rings. The molecular formula is C15H22ClNO. The molecule has 0 radical (unpaired) electrons. The summed E-state index contributed by atoms with van der Waals surface area (Å²) in [6.07, 6.45) is 6.10. The van der Waals surface area contributed by atoms with Crippen LogP contribution < -0.4 is 5.73 Å². The summed E-state index contributed by atoms with van der Waals surface area (Å²) in [6, 6.07) is 7.85. The van der Waals surface area contributed by atoms with E-state index in [1.807, 2.05) is 24.3 Å². The number of rotatable bonds is 5. The molecule has 0 saturated carbocycles. The molecule has 18 heavy (non-hydrogen) atoms. The fourth-order valence-electron chi connectivity index (χ4n) is 2.54. The molecule has 2 unspecified atom stereocenters. The third kappa shape index (κ3) is 3.71. The SMILES string of the molecule is CC(N)(CCCC1CCCO1)c1ccc(Cl)cc1. The molecule has 0 bridgehead atoms. The maximum Gasteiger partial charge on any atom is 0.0576 e. The van der Waals surface area contributed by atoms with Crippen molar-refractivity contribution in [2.75, 3.05) is 6.61 Å². The van der Waals surface area contributed by atoms with Crippen LogP contribution in [0.1, 0.15) is 44.6 Å². The molecule has 3 heteroatoms. The fraction of sp³-hybridized carbons (Fsp3) is 0.600. The van der Waals surface area contributed by atoms with E-state index >= 15 is 0 Å². The van der Waals surface area contributed by atoms with Crippen LogP contribution in [0.2, 0.25) is 5.02 Å². The van der Waals surface area contributed by atoms with Crippen LogP contribution >= 0.6 is 11.6 Å². The summed E-state index contributed by atoms with van der Waals surface area (Å²) in [6.45, 7) is 3.02. The Hall–Kier alpha value is -0.570. The summed E-state index contributed by atoms with van der Waals surface area (Å²) >= 11 is 5.89. The van der Waals surface area contributed by atoms with E-state index in [1.54, 1.807) is 0 Å². The van der Waals surface area contributed by atoms with Crippen molar-refractivity contribution in [1.82, 2.24) is 0 Å². The molecule has 0 aromatic heterocycles. The molecule has 100 valence electrons. The van der Waals surface area contributed by atoms with Gasteiger partial charge in [0.1, 0.15) is 0 Å². The second-order valence-corrected chi connectivity index (χ2v) is 5.89. The number of ether oxygens (including phenoxy) is 1. The van der Waals surface area contributed by atoms with E-state index in [4.69, 9.17) is 22.1 Å². The van der Waals surface area contributed by atoms with Crippen LogP contribution in [0.15, 0.2) is 24.3 Å². The predicted molar refractivity (Wildman–Crippen MR) is 75.8 cm³/mol. The highest BCUT2D eigenvalue weighted by atomic mass is 35.5. The molecule has 1 heterocycles. The minimum atomic E-state index is -0.275. The van der Waals surface area contributed by atoms with Crippen molar-refractivity contribution in [2.45, 2.75) is 50.7 Å². The van der Waals surface area contributed by atoms with Gasteiger partial charge in [-0.3, -0.25) is 0 Å². The van der Waals surface area contributed by atoms with Gasteiger partial charge in [-0.2, -0.15) is 0 Å². The van der Waals surface area contributed by atoms with Gasteiger partial charge in [-0.25, -0.2) is 0 Å². The van der Waals surface area contributed by atoms with Crippen LogP contribution in [0.5, 0.6) is 0 Å². The molecule has 2 N–H and O–H groups in total. The van der Waals surface area contributed by atoms with Crippen LogP contribution in [0, 0.1) is 0 Å². The lowest BCUT2D eigenvalue weighted by molar-refractivity contribution is 0.100. The van der Waals surface area contributed by atoms with E-state index < -0.39 is 0 Å². The second-order valence-electron chi connectivity index (χ2n) is 5.45. The zero-order valence-electron chi connectivity index (χ0n) is 11.0. The minimum absolute atomic E-state index is 0.275. The summed E-state index contributed by atoms with van der Waals surface area (Å²) in [5.41, 5.74) is 7.27. The van der Waals surface area contributed by atoms with Gasteiger partial charge in [0.2, 0.25) is 0 Å². The largest absolute Gasteiger partial charge is 0.378 e. The number of benzene rings is 1. The van der Waals surface area contributed by atoms with Crippen molar-refractivity contribution >= 4 is 11.6 Å². The average Bonchev–Trinajstić information content (AvgIpc) is 2.82. The summed E-state index contributed by atoms with van der Waals surface area (Å²) in [5, 5.41) is 0.758. The maximum atomic E-state index is 6.39. The first-order chi connectivity index (χ1) is 8.58. The topological polar surface area (TPSA) is 35.2 Å². The normalized spacial score (nSPS) is 22.9. The molecule has 1 saturated heterocycles. The number of hydrogen-bond acceptors (Lipinski definition) is 2.